The minimum absolute atomic E-state index is 0.0584. The molecule has 0 aliphatic carbocycles. The van der Waals surface area contributed by atoms with Gasteiger partial charge < -0.3 is 5.32 Å². The highest BCUT2D eigenvalue weighted by atomic mass is 32.2. The van der Waals surface area contributed by atoms with Crippen LogP contribution in [0.5, 0.6) is 0 Å². The SMILES string of the molecule is CCc1ccc(C(=O)N[C@@]2(C#N)CCSC2)cc1[N+](=O)[O-]. The summed E-state index contributed by atoms with van der Waals surface area (Å²) in [6.45, 7) is 1.82. The summed E-state index contributed by atoms with van der Waals surface area (Å²) in [5.41, 5.74) is -0.120. The van der Waals surface area contributed by atoms with Gasteiger partial charge in [-0.2, -0.15) is 17.0 Å². The van der Waals surface area contributed by atoms with Crippen LogP contribution < -0.4 is 5.32 Å². The molecular formula is C14H15N3O3S. The predicted octanol–water partition coefficient (Wildman–Crippen LogP) is 2.29. The van der Waals surface area contributed by atoms with Crippen LogP contribution in [0.25, 0.3) is 0 Å². The molecule has 21 heavy (non-hydrogen) atoms. The minimum atomic E-state index is -0.861. The molecule has 1 aromatic carbocycles. The van der Waals surface area contributed by atoms with E-state index in [4.69, 9.17) is 0 Å². The number of benzene rings is 1. The van der Waals surface area contributed by atoms with Gasteiger partial charge in [-0.3, -0.25) is 14.9 Å². The first-order valence-electron chi connectivity index (χ1n) is 6.60. The first-order valence-corrected chi connectivity index (χ1v) is 7.75. The van der Waals surface area contributed by atoms with Crippen molar-refractivity contribution in [3.63, 3.8) is 0 Å². The van der Waals surface area contributed by atoms with E-state index >= 15 is 0 Å². The molecule has 6 nitrogen and oxygen atoms in total. The van der Waals surface area contributed by atoms with Crippen LogP contribution in [0.4, 0.5) is 5.69 Å². The highest BCUT2D eigenvalue weighted by Gasteiger charge is 2.36. The molecule has 0 aromatic heterocycles. The summed E-state index contributed by atoms with van der Waals surface area (Å²) < 4.78 is 0. The van der Waals surface area contributed by atoms with Gasteiger partial charge in [0.1, 0.15) is 5.54 Å². The second-order valence-electron chi connectivity index (χ2n) is 4.90. The summed E-state index contributed by atoms with van der Waals surface area (Å²) in [6, 6.07) is 6.59. The molecule has 1 saturated heterocycles. The van der Waals surface area contributed by atoms with Crippen LogP contribution in [0.3, 0.4) is 0 Å². The van der Waals surface area contributed by atoms with Crippen LogP contribution in [0.15, 0.2) is 18.2 Å². The Hall–Kier alpha value is -2.07. The molecule has 1 aliphatic rings. The first kappa shape index (κ1) is 15.3. The maximum absolute atomic E-state index is 12.2. The average Bonchev–Trinajstić information content (AvgIpc) is 2.95. The van der Waals surface area contributed by atoms with E-state index < -0.39 is 16.4 Å². The molecule has 1 aromatic rings. The number of rotatable bonds is 4. The summed E-state index contributed by atoms with van der Waals surface area (Å²) in [6.07, 6.45) is 1.12. The van der Waals surface area contributed by atoms with Crippen LogP contribution in [-0.2, 0) is 6.42 Å². The van der Waals surface area contributed by atoms with Gasteiger partial charge in [-0.25, -0.2) is 0 Å². The number of aryl methyl sites for hydroxylation is 1. The molecule has 0 saturated carbocycles. The van der Waals surface area contributed by atoms with Crippen molar-refractivity contribution in [3.8, 4) is 6.07 Å². The van der Waals surface area contributed by atoms with Gasteiger partial charge in [0.2, 0.25) is 0 Å². The molecule has 1 heterocycles. The Bertz CT molecular complexity index is 618. The van der Waals surface area contributed by atoms with Crippen molar-refractivity contribution in [2.75, 3.05) is 11.5 Å². The van der Waals surface area contributed by atoms with E-state index in [9.17, 15) is 20.2 Å². The lowest BCUT2D eigenvalue weighted by Gasteiger charge is -2.21. The molecule has 0 unspecified atom stereocenters. The van der Waals surface area contributed by atoms with Gasteiger partial charge in [-0.1, -0.05) is 13.0 Å². The van der Waals surface area contributed by atoms with Gasteiger partial charge >= 0.3 is 0 Å². The number of carbonyl (C=O) groups is 1. The lowest BCUT2D eigenvalue weighted by molar-refractivity contribution is -0.385. The molecule has 1 N–H and O–H groups in total. The Balaban J connectivity index is 2.26. The van der Waals surface area contributed by atoms with E-state index in [1.807, 2.05) is 6.92 Å². The number of nitro benzene ring substituents is 1. The van der Waals surface area contributed by atoms with E-state index in [0.29, 0.717) is 24.2 Å². The largest absolute Gasteiger partial charge is 0.333 e. The third-order valence-corrected chi connectivity index (χ3v) is 4.70. The Morgan fingerprint density at radius 3 is 2.90 bits per heavy atom. The van der Waals surface area contributed by atoms with E-state index in [1.165, 1.54) is 6.07 Å². The molecule has 1 atom stereocenters. The number of nitrogens with zero attached hydrogens (tertiary/aromatic N) is 2. The fourth-order valence-corrected chi connectivity index (χ4v) is 3.51. The quantitative estimate of drug-likeness (QED) is 0.680. The number of nitriles is 1. The Morgan fingerprint density at radius 2 is 2.38 bits per heavy atom. The predicted molar refractivity (Wildman–Crippen MR) is 80.2 cm³/mol. The van der Waals surface area contributed by atoms with Crippen molar-refractivity contribution in [2.45, 2.75) is 25.3 Å². The second-order valence-corrected chi connectivity index (χ2v) is 6.01. The molecule has 0 spiro atoms. The van der Waals surface area contributed by atoms with Crippen molar-refractivity contribution >= 4 is 23.4 Å². The third kappa shape index (κ3) is 3.16. The molecular weight excluding hydrogens is 290 g/mol. The Labute approximate surface area is 126 Å². The van der Waals surface area contributed by atoms with E-state index in [-0.39, 0.29) is 11.3 Å². The van der Waals surface area contributed by atoms with Gasteiger partial charge in [0, 0.05) is 22.9 Å². The number of hydrogen-bond acceptors (Lipinski definition) is 5. The molecule has 0 bridgehead atoms. The standard InChI is InChI=1S/C14H15N3O3S/c1-2-10-3-4-11(7-12(10)17(19)20)13(18)16-14(8-15)5-6-21-9-14/h3-4,7H,2,5-6,9H2,1H3,(H,16,18)/t14-/m1/s1. The van der Waals surface area contributed by atoms with Crippen LogP contribution in [0.2, 0.25) is 0 Å². The molecule has 110 valence electrons. The second kappa shape index (κ2) is 6.14. The van der Waals surface area contributed by atoms with Crippen molar-refractivity contribution < 1.29 is 9.72 Å². The maximum Gasteiger partial charge on any atom is 0.273 e. The summed E-state index contributed by atoms with van der Waals surface area (Å²) in [5, 5.41) is 23.0. The zero-order chi connectivity index (χ0) is 15.5. The number of nitrogens with one attached hydrogen (secondary N) is 1. The Morgan fingerprint density at radius 1 is 1.62 bits per heavy atom. The smallest absolute Gasteiger partial charge is 0.273 e. The van der Waals surface area contributed by atoms with Gasteiger partial charge in [0.05, 0.1) is 11.0 Å². The molecule has 7 heteroatoms. The highest BCUT2D eigenvalue weighted by Crippen LogP contribution is 2.28. The average molecular weight is 305 g/mol. The van der Waals surface area contributed by atoms with Gasteiger partial charge in [0.25, 0.3) is 11.6 Å². The molecule has 1 fully saturated rings. The third-order valence-electron chi connectivity index (χ3n) is 3.51. The highest BCUT2D eigenvalue weighted by molar-refractivity contribution is 7.99. The summed E-state index contributed by atoms with van der Waals surface area (Å²) in [5.74, 6) is 0.928. The molecule has 1 aliphatic heterocycles. The normalized spacial score (nSPS) is 20.8. The maximum atomic E-state index is 12.2. The number of carbonyl (C=O) groups excluding carboxylic acids is 1. The van der Waals surface area contributed by atoms with Crippen LogP contribution in [-0.4, -0.2) is 27.9 Å². The molecule has 0 radical (unpaired) electrons. The van der Waals surface area contributed by atoms with Crippen LogP contribution in [0.1, 0.15) is 29.3 Å². The monoisotopic (exact) mass is 305 g/mol. The topological polar surface area (TPSA) is 96.0 Å². The summed E-state index contributed by atoms with van der Waals surface area (Å²) in [7, 11) is 0. The van der Waals surface area contributed by atoms with E-state index in [1.54, 1.807) is 23.9 Å². The van der Waals surface area contributed by atoms with Crippen LogP contribution in [0, 0.1) is 21.4 Å². The van der Waals surface area contributed by atoms with E-state index in [0.717, 1.165) is 5.75 Å². The molecule has 2 rings (SSSR count). The fraction of sp³-hybridized carbons (Fsp3) is 0.429. The first-order chi connectivity index (χ1) is 10.0. The zero-order valence-corrected chi connectivity index (χ0v) is 12.4. The summed E-state index contributed by atoms with van der Waals surface area (Å²) >= 11 is 1.61. The number of thioether (sulfide) groups is 1. The van der Waals surface area contributed by atoms with Gasteiger partial charge in [-0.05, 0) is 24.7 Å². The molecule has 1 amide bonds. The van der Waals surface area contributed by atoms with Crippen molar-refractivity contribution in [2.24, 2.45) is 0 Å². The Kier molecular flexibility index (Phi) is 4.48. The number of hydrogen-bond donors (Lipinski definition) is 1. The summed E-state index contributed by atoms with van der Waals surface area (Å²) in [4.78, 5) is 22.8. The lowest BCUT2D eigenvalue weighted by atomic mass is 10.00. The fourth-order valence-electron chi connectivity index (χ4n) is 2.24. The number of amides is 1. The number of nitro groups is 1. The minimum Gasteiger partial charge on any atom is -0.333 e. The lowest BCUT2D eigenvalue weighted by Crippen LogP contribution is -2.47. The van der Waals surface area contributed by atoms with Gasteiger partial charge in [-0.15, -0.1) is 0 Å². The van der Waals surface area contributed by atoms with Crippen molar-refractivity contribution in [1.29, 1.82) is 5.26 Å². The zero-order valence-electron chi connectivity index (χ0n) is 11.6. The van der Waals surface area contributed by atoms with Crippen LogP contribution >= 0.6 is 11.8 Å². The van der Waals surface area contributed by atoms with Crippen molar-refractivity contribution in [1.82, 2.24) is 5.32 Å². The van der Waals surface area contributed by atoms with Crippen molar-refractivity contribution in [3.05, 3.63) is 39.4 Å². The van der Waals surface area contributed by atoms with E-state index in [2.05, 4.69) is 11.4 Å². The van der Waals surface area contributed by atoms with Gasteiger partial charge in [0.15, 0.2) is 0 Å².